The lowest BCUT2D eigenvalue weighted by molar-refractivity contribution is -0.132. The van der Waals surface area contributed by atoms with Gasteiger partial charge in [-0.2, -0.15) is 0 Å². The Balaban J connectivity index is 1.93. The highest BCUT2D eigenvalue weighted by molar-refractivity contribution is 6.05. The molecule has 0 spiro atoms. The Labute approximate surface area is 193 Å². The SMILES string of the molecule is CC(=O)[C@@H](Cc1ccc(NC(=O)[C@H]2CC(=O)NC(=O)N2)cc1)NC(=O)[C@H](C)COC(C)(C)C. The molecule has 10 nitrogen and oxygen atoms in total. The molecule has 1 heterocycles. The number of ether oxygens (including phenoxy) is 1. The van der Waals surface area contributed by atoms with E-state index in [1.54, 1.807) is 31.2 Å². The summed E-state index contributed by atoms with van der Waals surface area (Å²) >= 11 is 0. The fourth-order valence-electron chi connectivity index (χ4n) is 3.02. The number of urea groups is 1. The number of imide groups is 1. The number of nitrogens with one attached hydrogen (secondary N) is 4. The Kier molecular flexibility index (Phi) is 8.69. The third-order valence-corrected chi connectivity index (χ3v) is 4.95. The van der Waals surface area contributed by atoms with Gasteiger partial charge < -0.3 is 20.7 Å². The Bertz CT molecular complexity index is 891. The molecular weight excluding hydrogens is 428 g/mol. The van der Waals surface area contributed by atoms with Crippen LogP contribution in [0.3, 0.4) is 0 Å². The van der Waals surface area contributed by atoms with Gasteiger partial charge in [0.1, 0.15) is 6.04 Å². The molecule has 0 bridgehead atoms. The first-order valence-corrected chi connectivity index (χ1v) is 10.8. The minimum absolute atomic E-state index is 0.144. The molecule has 0 aromatic heterocycles. The minimum atomic E-state index is -0.951. The van der Waals surface area contributed by atoms with Crippen LogP contribution in [0, 0.1) is 5.92 Å². The first-order chi connectivity index (χ1) is 15.3. The van der Waals surface area contributed by atoms with Gasteiger partial charge in [-0.1, -0.05) is 19.1 Å². The number of ketones is 1. The monoisotopic (exact) mass is 460 g/mol. The topological polar surface area (TPSA) is 143 Å². The summed E-state index contributed by atoms with van der Waals surface area (Å²) < 4.78 is 5.65. The lowest BCUT2D eigenvalue weighted by Gasteiger charge is -2.24. The quantitative estimate of drug-likeness (QED) is 0.437. The van der Waals surface area contributed by atoms with E-state index < -0.39 is 35.8 Å². The van der Waals surface area contributed by atoms with Gasteiger partial charge in [-0.3, -0.25) is 24.5 Å². The van der Waals surface area contributed by atoms with E-state index >= 15 is 0 Å². The van der Waals surface area contributed by atoms with Gasteiger partial charge in [0.15, 0.2) is 5.78 Å². The molecule has 10 heteroatoms. The lowest BCUT2D eigenvalue weighted by atomic mass is 10.0. The highest BCUT2D eigenvalue weighted by atomic mass is 16.5. The van der Waals surface area contributed by atoms with E-state index in [2.05, 4.69) is 21.3 Å². The third kappa shape index (κ3) is 8.64. The van der Waals surface area contributed by atoms with Gasteiger partial charge >= 0.3 is 6.03 Å². The predicted octanol–water partition coefficient (Wildman–Crippen LogP) is 1.29. The van der Waals surface area contributed by atoms with Crippen molar-refractivity contribution >= 4 is 35.2 Å². The van der Waals surface area contributed by atoms with E-state index in [-0.39, 0.29) is 30.3 Å². The third-order valence-electron chi connectivity index (χ3n) is 4.95. The van der Waals surface area contributed by atoms with Crippen molar-refractivity contribution in [3.8, 4) is 0 Å². The van der Waals surface area contributed by atoms with Crippen molar-refractivity contribution in [3.05, 3.63) is 29.8 Å². The first-order valence-electron chi connectivity index (χ1n) is 10.8. The van der Waals surface area contributed by atoms with Crippen LogP contribution in [-0.4, -0.2) is 53.8 Å². The Morgan fingerprint density at radius 3 is 2.33 bits per heavy atom. The van der Waals surface area contributed by atoms with Crippen LogP contribution in [0.15, 0.2) is 24.3 Å². The number of hydrogen-bond acceptors (Lipinski definition) is 6. The number of rotatable bonds is 9. The number of Topliss-reactive ketones (excluding diaryl/α,β-unsaturated/α-hetero) is 1. The Morgan fingerprint density at radius 2 is 1.79 bits per heavy atom. The number of amides is 5. The average Bonchev–Trinajstić information content (AvgIpc) is 2.71. The average molecular weight is 461 g/mol. The van der Waals surface area contributed by atoms with Crippen LogP contribution in [0.2, 0.25) is 0 Å². The number of carbonyl (C=O) groups excluding carboxylic acids is 5. The van der Waals surface area contributed by atoms with Gasteiger partial charge in [0, 0.05) is 5.69 Å². The summed E-state index contributed by atoms with van der Waals surface area (Å²) in [7, 11) is 0. The van der Waals surface area contributed by atoms with Crippen LogP contribution in [-0.2, 0) is 30.3 Å². The van der Waals surface area contributed by atoms with Crippen LogP contribution in [0.5, 0.6) is 0 Å². The van der Waals surface area contributed by atoms with Gasteiger partial charge in [0.05, 0.1) is 30.6 Å². The van der Waals surface area contributed by atoms with E-state index in [9.17, 15) is 24.0 Å². The molecule has 0 aliphatic carbocycles. The molecule has 33 heavy (non-hydrogen) atoms. The largest absolute Gasteiger partial charge is 0.375 e. The number of anilines is 1. The molecule has 0 unspecified atom stereocenters. The summed E-state index contributed by atoms with van der Waals surface area (Å²) in [6.45, 7) is 9.13. The van der Waals surface area contributed by atoms with E-state index in [0.717, 1.165) is 5.56 Å². The highest BCUT2D eigenvalue weighted by Crippen LogP contribution is 2.14. The van der Waals surface area contributed by atoms with Crippen molar-refractivity contribution in [1.82, 2.24) is 16.0 Å². The maximum Gasteiger partial charge on any atom is 0.322 e. The van der Waals surface area contributed by atoms with Crippen molar-refractivity contribution in [3.63, 3.8) is 0 Å². The van der Waals surface area contributed by atoms with Crippen molar-refractivity contribution in [2.45, 2.75) is 65.1 Å². The second-order valence-electron chi connectivity index (χ2n) is 9.16. The molecule has 1 fully saturated rings. The second-order valence-corrected chi connectivity index (χ2v) is 9.16. The fourth-order valence-corrected chi connectivity index (χ4v) is 3.02. The number of carbonyl (C=O) groups is 5. The zero-order valence-corrected chi connectivity index (χ0v) is 19.6. The summed E-state index contributed by atoms with van der Waals surface area (Å²) in [5.74, 6) is -1.87. The van der Waals surface area contributed by atoms with Crippen LogP contribution in [0.1, 0.15) is 46.6 Å². The van der Waals surface area contributed by atoms with Crippen molar-refractivity contribution < 1.29 is 28.7 Å². The fraction of sp³-hybridized carbons (Fsp3) is 0.522. The molecule has 0 saturated carbocycles. The molecule has 0 radical (unpaired) electrons. The number of hydrogen-bond donors (Lipinski definition) is 4. The summed E-state index contributed by atoms with van der Waals surface area (Å²) in [6.07, 6.45) is 0.149. The molecule has 1 aromatic carbocycles. The summed E-state index contributed by atoms with van der Waals surface area (Å²) in [5.41, 5.74) is 0.901. The normalized spacial score (nSPS) is 17.9. The molecule has 1 aliphatic heterocycles. The predicted molar refractivity (Wildman–Crippen MR) is 121 cm³/mol. The second kappa shape index (κ2) is 11.0. The number of benzene rings is 1. The van der Waals surface area contributed by atoms with E-state index in [1.165, 1.54) is 6.92 Å². The van der Waals surface area contributed by atoms with E-state index in [0.29, 0.717) is 12.1 Å². The molecule has 180 valence electrons. The Hall–Kier alpha value is -3.27. The van der Waals surface area contributed by atoms with Crippen LogP contribution >= 0.6 is 0 Å². The Morgan fingerprint density at radius 1 is 1.15 bits per heavy atom. The van der Waals surface area contributed by atoms with Crippen molar-refractivity contribution in [2.24, 2.45) is 5.92 Å². The molecular formula is C23H32N4O6. The van der Waals surface area contributed by atoms with Crippen LogP contribution in [0.4, 0.5) is 10.5 Å². The highest BCUT2D eigenvalue weighted by Gasteiger charge is 2.29. The van der Waals surface area contributed by atoms with Gasteiger partial charge in [-0.15, -0.1) is 0 Å². The molecule has 4 N–H and O–H groups in total. The van der Waals surface area contributed by atoms with Crippen LogP contribution < -0.4 is 21.3 Å². The molecule has 3 atom stereocenters. The summed E-state index contributed by atoms with van der Waals surface area (Å²) in [4.78, 5) is 59.7. The summed E-state index contributed by atoms with van der Waals surface area (Å²) in [6, 6.07) is 4.41. The molecule has 2 rings (SSSR count). The molecule has 1 aromatic rings. The first kappa shape index (κ1) is 26.0. The van der Waals surface area contributed by atoms with Gasteiger partial charge in [-0.05, 0) is 51.8 Å². The standard InChI is InChI=1S/C23H32N4O6/c1-13(12-33-23(3,4)5)20(30)25-17(14(2)28)10-15-6-8-16(9-7-15)24-21(31)18-11-19(29)27-22(32)26-18/h6-9,13,17-18H,10-12H2,1-5H3,(H,24,31)(H,25,30)(H2,26,27,29,32)/t13-,17-,18-/m1/s1. The summed E-state index contributed by atoms with van der Waals surface area (Å²) in [5, 5.41) is 9.88. The zero-order valence-electron chi connectivity index (χ0n) is 19.6. The van der Waals surface area contributed by atoms with Crippen molar-refractivity contribution in [1.29, 1.82) is 0 Å². The maximum absolute atomic E-state index is 12.5. The smallest absolute Gasteiger partial charge is 0.322 e. The van der Waals surface area contributed by atoms with Gasteiger partial charge in [0.2, 0.25) is 17.7 Å². The van der Waals surface area contributed by atoms with E-state index in [4.69, 9.17) is 4.74 Å². The molecule has 1 aliphatic rings. The molecule has 5 amide bonds. The minimum Gasteiger partial charge on any atom is -0.375 e. The van der Waals surface area contributed by atoms with Gasteiger partial charge in [-0.25, -0.2) is 4.79 Å². The lowest BCUT2D eigenvalue weighted by Crippen LogP contribution is -2.56. The zero-order chi connectivity index (χ0) is 24.8. The molecule has 1 saturated heterocycles. The van der Waals surface area contributed by atoms with Gasteiger partial charge in [0.25, 0.3) is 0 Å². The maximum atomic E-state index is 12.5. The van der Waals surface area contributed by atoms with Crippen molar-refractivity contribution in [2.75, 3.05) is 11.9 Å². The van der Waals surface area contributed by atoms with Crippen LogP contribution in [0.25, 0.3) is 0 Å². The van der Waals surface area contributed by atoms with E-state index in [1.807, 2.05) is 20.8 Å².